The number of pyridine rings is 1. The number of aromatic nitrogens is 2. The quantitative estimate of drug-likeness (QED) is 0.365. The first-order chi connectivity index (χ1) is 18.4. The van der Waals surface area contributed by atoms with E-state index in [2.05, 4.69) is 33.2 Å². The number of nitriles is 1. The van der Waals surface area contributed by atoms with E-state index in [0.29, 0.717) is 23.7 Å². The summed E-state index contributed by atoms with van der Waals surface area (Å²) in [7, 11) is 3.51. The Labute approximate surface area is 223 Å². The van der Waals surface area contributed by atoms with E-state index in [1.807, 2.05) is 45.0 Å². The number of benzene rings is 2. The standard InChI is InChI=1S/C28H26N6O2.C2H6/c1-17-27-23-10-6-19(20-7-11-25(30)31-15-20)12-24(23)34(22-8-4-18(14-29)5-9-22)16-21(28(27)36-32-17)13-26(35)33(2)3;1-2/h4-12,15,21H,13,16H2,1-3H3,(H2,30,31);1-2H3. The monoisotopic (exact) mass is 508 g/mol. The van der Waals surface area contributed by atoms with Gasteiger partial charge in [-0.2, -0.15) is 5.26 Å². The summed E-state index contributed by atoms with van der Waals surface area (Å²) in [4.78, 5) is 20.8. The number of hydrogen-bond donors (Lipinski definition) is 1. The normalized spacial score (nSPS) is 13.8. The predicted octanol–water partition coefficient (Wildman–Crippen LogP) is 5.91. The van der Waals surface area contributed by atoms with Crippen molar-refractivity contribution in [2.75, 3.05) is 31.3 Å². The lowest BCUT2D eigenvalue weighted by Crippen LogP contribution is -2.29. The molecule has 3 heterocycles. The van der Waals surface area contributed by atoms with Gasteiger partial charge in [-0.05, 0) is 55.0 Å². The van der Waals surface area contributed by atoms with E-state index in [-0.39, 0.29) is 18.2 Å². The molecule has 0 saturated heterocycles. The van der Waals surface area contributed by atoms with Gasteiger partial charge in [-0.15, -0.1) is 0 Å². The fourth-order valence-corrected chi connectivity index (χ4v) is 4.63. The summed E-state index contributed by atoms with van der Waals surface area (Å²) in [6.45, 7) is 6.43. The number of aryl methyl sites for hydroxylation is 1. The average Bonchev–Trinajstić information content (AvgIpc) is 3.26. The molecule has 2 aromatic heterocycles. The van der Waals surface area contributed by atoms with Gasteiger partial charge >= 0.3 is 0 Å². The van der Waals surface area contributed by atoms with E-state index in [0.717, 1.165) is 39.3 Å². The van der Waals surface area contributed by atoms with Crippen LogP contribution in [0, 0.1) is 18.3 Å². The van der Waals surface area contributed by atoms with Crippen molar-refractivity contribution < 1.29 is 9.32 Å². The van der Waals surface area contributed by atoms with Crippen LogP contribution in [0.3, 0.4) is 0 Å². The van der Waals surface area contributed by atoms with Crippen LogP contribution in [0.4, 0.5) is 17.2 Å². The Bertz CT molecular complexity index is 1470. The van der Waals surface area contributed by atoms with Crippen molar-refractivity contribution in [3.63, 3.8) is 0 Å². The summed E-state index contributed by atoms with van der Waals surface area (Å²) in [5.41, 5.74) is 12.9. The summed E-state index contributed by atoms with van der Waals surface area (Å²) in [5, 5.41) is 13.6. The van der Waals surface area contributed by atoms with Crippen LogP contribution >= 0.6 is 0 Å². The van der Waals surface area contributed by atoms with E-state index in [4.69, 9.17) is 10.3 Å². The minimum Gasteiger partial charge on any atom is -0.384 e. The van der Waals surface area contributed by atoms with E-state index < -0.39 is 0 Å². The van der Waals surface area contributed by atoms with Crippen molar-refractivity contribution in [2.24, 2.45) is 0 Å². The highest BCUT2D eigenvalue weighted by Crippen LogP contribution is 2.47. The molecule has 0 spiro atoms. The SMILES string of the molecule is CC.Cc1noc2c1-c1ccc(-c3ccc(N)nc3)cc1N(c1ccc(C#N)cc1)CC2CC(=O)N(C)C. The number of carbonyl (C=O) groups is 1. The molecule has 8 nitrogen and oxygen atoms in total. The molecule has 1 aliphatic rings. The minimum absolute atomic E-state index is 0.0133. The van der Waals surface area contributed by atoms with Crippen LogP contribution in [0.5, 0.6) is 0 Å². The Kier molecular flexibility index (Phi) is 7.77. The first-order valence-electron chi connectivity index (χ1n) is 12.7. The van der Waals surface area contributed by atoms with Gasteiger partial charge in [0.1, 0.15) is 11.6 Å². The Morgan fingerprint density at radius 2 is 1.84 bits per heavy atom. The molecule has 8 heteroatoms. The van der Waals surface area contributed by atoms with Crippen molar-refractivity contribution in [3.05, 3.63) is 77.8 Å². The van der Waals surface area contributed by atoms with Gasteiger partial charge in [0, 0.05) is 67.2 Å². The van der Waals surface area contributed by atoms with Gasteiger partial charge in [-0.3, -0.25) is 4.79 Å². The summed E-state index contributed by atoms with van der Waals surface area (Å²) >= 11 is 0. The lowest BCUT2D eigenvalue weighted by molar-refractivity contribution is -0.129. The molecule has 0 radical (unpaired) electrons. The van der Waals surface area contributed by atoms with Crippen LogP contribution < -0.4 is 10.6 Å². The van der Waals surface area contributed by atoms with Crippen molar-refractivity contribution in [3.8, 4) is 28.3 Å². The fraction of sp³-hybridized carbons (Fsp3) is 0.267. The smallest absolute Gasteiger partial charge is 0.222 e. The Morgan fingerprint density at radius 1 is 1.13 bits per heavy atom. The molecule has 4 aromatic rings. The second-order valence-electron chi connectivity index (χ2n) is 9.17. The van der Waals surface area contributed by atoms with Crippen LogP contribution in [0.1, 0.15) is 43.2 Å². The van der Waals surface area contributed by atoms with E-state index in [1.54, 1.807) is 43.4 Å². The first-order valence-corrected chi connectivity index (χ1v) is 12.7. The van der Waals surface area contributed by atoms with Gasteiger partial charge in [-0.1, -0.05) is 31.1 Å². The average molecular weight is 509 g/mol. The predicted molar refractivity (Wildman–Crippen MR) is 150 cm³/mol. The van der Waals surface area contributed by atoms with Crippen molar-refractivity contribution in [1.82, 2.24) is 15.0 Å². The third kappa shape index (κ3) is 5.09. The van der Waals surface area contributed by atoms with Gasteiger partial charge in [0.2, 0.25) is 5.91 Å². The summed E-state index contributed by atoms with van der Waals surface area (Å²) in [6.07, 6.45) is 2.04. The zero-order chi connectivity index (χ0) is 27.4. The Hall–Kier alpha value is -4.64. The number of hydrogen-bond acceptors (Lipinski definition) is 7. The summed E-state index contributed by atoms with van der Waals surface area (Å²) < 4.78 is 5.85. The van der Waals surface area contributed by atoms with E-state index in [1.165, 1.54) is 0 Å². The number of nitrogens with zero attached hydrogens (tertiary/aromatic N) is 5. The molecule has 38 heavy (non-hydrogen) atoms. The molecular formula is C30H32N6O2. The molecule has 2 N–H and O–H groups in total. The van der Waals surface area contributed by atoms with Crippen molar-refractivity contribution in [2.45, 2.75) is 33.1 Å². The zero-order valence-corrected chi connectivity index (χ0v) is 22.4. The molecule has 1 unspecified atom stereocenters. The third-order valence-corrected chi connectivity index (χ3v) is 6.57. The zero-order valence-electron chi connectivity index (χ0n) is 22.4. The van der Waals surface area contributed by atoms with E-state index in [9.17, 15) is 10.1 Å². The molecule has 0 saturated carbocycles. The molecule has 5 rings (SSSR count). The lowest BCUT2D eigenvalue weighted by Gasteiger charge is -2.28. The Balaban J connectivity index is 0.00000164. The molecule has 1 aliphatic heterocycles. The molecule has 0 fully saturated rings. The molecule has 194 valence electrons. The van der Waals surface area contributed by atoms with Crippen LogP contribution in [0.15, 0.2) is 65.3 Å². The largest absolute Gasteiger partial charge is 0.384 e. The highest BCUT2D eigenvalue weighted by molar-refractivity contribution is 5.90. The van der Waals surface area contributed by atoms with Gasteiger partial charge < -0.3 is 20.1 Å². The molecular weight excluding hydrogens is 476 g/mol. The van der Waals surface area contributed by atoms with Crippen LogP contribution in [-0.4, -0.2) is 41.6 Å². The maximum absolute atomic E-state index is 12.8. The third-order valence-electron chi connectivity index (χ3n) is 6.57. The van der Waals surface area contributed by atoms with Crippen LogP contribution in [-0.2, 0) is 4.79 Å². The number of carbonyl (C=O) groups excluding carboxylic acids is 1. The summed E-state index contributed by atoms with van der Waals surface area (Å²) in [6, 6.07) is 19.6. The molecule has 1 atom stereocenters. The number of amides is 1. The maximum atomic E-state index is 12.8. The highest BCUT2D eigenvalue weighted by atomic mass is 16.5. The molecule has 2 aromatic carbocycles. The first kappa shape index (κ1) is 26.4. The minimum atomic E-state index is -0.221. The second-order valence-corrected chi connectivity index (χ2v) is 9.17. The number of fused-ring (bicyclic) bond motifs is 3. The van der Waals surface area contributed by atoms with Crippen LogP contribution in [0.2, 0.25) is 0 Å². The van der Waals surface area contributed by atoms with Gasteiger partial charge in [0.25, 0.3) is 0 Å². The number of rotatable bonds is 4. The number of nitrogens with two attached hydrogens (primary N) is 1. The van der Waals surface area contributed by atoms with Gasteiger partial charge in [0.05, 0.1) is 17.3 Å². The number of nitrogen functional groups attached to an aromatic ring is 1. The molecule has 0 bridgehead atoms. The summed E-state index contributed by atoms with van der Waals surface area (Å²) in [5.74, 6) is 0.966. The number of anilines is 3. The maximum Gasteiger partial charge on any atom is 0.222 e. The van der Waals surface area contributed by atoms with Gasteiger partial charge in [-0.25, -0.2) is 4.98 Å². The van der Waals surface area contributed by atoms with Crippen molar-refractivity contribution >= 4 is 23.1 Å². The fourth-order valence-electron chi connectivity index (χ4n) is 4.63. The second kappa shape index (κ2) is 11.2. The molecule has 1 amide bonds. The topological polar surface area (TPSA) is 112 Å². The Morgan fingerprint density at radius 3 is 2.47 bits per heavy atom. The van der Waals surface area contributed by atoms with Crippen molar-refractivity contribution in [1.29, 1.82) is 5.26 Å². The van der Waals surface area contributed by atoms with E-state index >= 15 is 0 Å². The van der Waals surface area contributed by atoms with Crippen LogP contribution in [0.25, 0.3) is 22.3 Å². The van der Waals surface area contributed by atoms with Gasteiger partial charge in [0.15, 0.2) is 0 Å². The highest BCUT2D eigenvalue weighted by Gasteiger charge is 2.34. The lowest BCUT2D eigenvalue weighted by atomic mass is 9.94. The molecule has 0 aliphatic carbocycles.